The van der Waals surface area contributed by atoms with E-state index < -0.39 is 36.4 Å². The van der Waals surface area contributed by atoms with Crippen LogP contribution in [-0.2, 0) is 20.7 Å². The molecule has 29 heavy (non-hydrogen) atoms. The number of ketones is 1. The Morgan fingerprint density at radius 3 is 2.41 bits per heavy atom. The highest BCUT2D eigenvalue weighted by Gasteiger charge is 2.44. The van der Waals surface area contributed by atoms with Gasteiger partial charge in [-0.1, -0.05) is 0 Å². The van der Waals surface area contributed by atoms with Crippen molar-refractivity contribution in [2.75, 3.05) is 20.8 Å². The quantitative estimate of drug-likeness (QED) is 0.545. The van der Waals surface area contributed by atoms with Crippen LogP contribution in [-0.4, -0.2) is 49.7 Å². The van der Waals surface area contributed by atoms with Gasteiger partial charge in [-0.15, -0.1) is 0 Å². The predicted molar refractivity (Wildman–Crippen MR) is 96.6 cm³/mol. The van der Waals surface area contributed by atoms with Crippen molar-refractivity contribution >= 4 is 11.8 Å². The highest BCUT2D eigenvalue weighted by molar-refractivity contribution is 6.17. The number of fused-ring (bicyclic) bond motifs is 3. The van der Waals surface area contributed by atoms with Gasteiger partial charge in [0.25, 0.3) is 0 Å². The highest BCUT2D eigenvalue weighted by atomic mass is 19.4. The number of benzene rings is 1. The molecule has 2 unspecified atom stereocenters. The van der Waals surface area contributed by atoms with Crippen molar-refractivity contribution in [3.05, 3.63) is 35.0 Å². The summed E-state index contributed by atoms with van der Waals surface area (Å²) >= 11 is 0. The number of halogens is 3. The predicted octanol–water partition coefficient (Wildman–Crippen LogP) is 3.34. The maximum atomic E-state index is 13.2. The van der Waals surface area contributed by atoms with Crippen LogP contribution in [0.1, 0.15) is 36.9 Å². The number of hydrogen-bond donors (Lipinski definition) is 0. The molecule has 158 valence electrons. The van der Waals surface area contributed by atoms with Gasteiger partial charge >= 0.3 is 12.1 Å². The maximum Gasteiger partial charge on any atom is 0.391 e. The second-order valence-electron chi connectivity index (χ2n) is 6.94. The monoisotopic (exact) mass is 413 g/mol. The molecule has 0 amide bonds. The molecule has 0 N–H and O–H groups in total. The van der Waals surface area contributed by atoms with Gasteiger partial charge in [0.05, 0.1) is 33.3 Å². The zero-order chi connectivity index (χ0) is 21.3. The zero-order valence-corrected chi connectivity index (χ0v) is 16.3. The molecule has 0 fully saturated rings. The molecule has 9 heteroatoms. The lowest BCUT2D eigenvalue weighted by atomic mass is 9.82. The molecule has 2 aliphatic rings. The third kappa shape index (κ3) is 4.18. The SMILES string of the molecule is CCOC(=O)C1=CN2C(CC(F)(F)F)Cc3cc(OC)c(OC)cc3C2CC1=O. The molecule has 0 bridgehead atoms. The Hall–Kier alpha value is -2.71. The van der Waals surface area contributed by atoms with E-state index in [0.29, 0.717) is 22.6 Å². The van der Waals surface area contributed by atoms with Gasteiger partial charge in [-0.2, -0.15) is 13.2 Å². The van der Waals surface area contributed by atoms with Gasteiger partial charge in [-0.25, -0.2) is 4.79 Å². The van der Waals surface area contributed by atoms with Gasteiger partial charge in [0.2, 0.25) is 0 Å². The summed E-state index contributed by atoms with van der Waals surface area (Å²) < 4.78 is 55.2. The van der Waals surface area contributed by atoms with Crippen LogP contribution in [0.25, 0.3) is 0 Å². The van der Waals surface area contributed by atoms with Crippen molar-refractivity contribution in [2.24, 2.45) is 0 Å². The number of nitrogens with zero attached hydrogens (tertiary/aromatic N) is 1. The summed E-state index contributed by atoms with van der Waals surface area (Å²) in [4.78, 5) is 26.1. The highest BCUT2D eigenvalue weighted by Crippen LogP contribution is 2.45. The van der Waals surface area contributed by atoms with Crippen molar-refractivity contribution in [2.45, 2.75) is 44.4 Å². The summed E-state index contributed by atoms with van der Waals surface area (Å²) in [7, 11) is 2.91. The molecular weight excluding hydrogens is 391 g/mol. The van der Waals surface area contributed by atoms with E-state index in [1.807, 2.05) is 0 Å². The first-order valence-corrected chi connectivity index (χ1v) is 9.19. The first-order chi connectivity index (χ1) is 13.7. The normalized spacial score (nSPS) is 21.1. The minimum Gasteiger partial charge on any atom is -0.493 e. The molecule has 2 aliphatic heterocycles. The Balaban J connectivity index is 2.09. The molecule has 6 nitrogen and oxygen atoms in total. The standard InChI is InChI=1S/C20H22F3NO5/c1-4-29-19(26)14-10-24-12(9-20(21,22)23)5-11-6-17(27-2)18(28-3)7-13(11)15(24)8-16(14)25/h6-7,10,12,15H,4-5,8-9H2,1-3H3. The molecule has 0 saturated heterocycles. The molecule has 0 aromatic heterocycles. The number of methoxy groups -OCH3 is 2. The third-order valence-electron chi connectivity index (χ3n) is 5.16. The van der Waals surface area contributed by atoms with Gasteiger partial charge in [0, 0.05) is 18.7 Å². The molecular formula is C20H22F3NO5. The zero-order valence-electron chi connectivity index (χ0n) is 16.3. The molecule has 0 radical (unpaired) electrons. The lowest BCUT2D eigenvalue weighted by Crippen LogP contribution is -2.46. The summed E-state index contributed by atoms with van der Waals surface area (Å²) in [6.45, 7) is 1.66. The molecule has 2 atom stereocenters. The number of rotatable bonds is 5. The summed E-state index contributed by atoms with van der Waals surface area (Å²) in [5.41, 5.74) is 1.13. The summed E-state index contributed by atoms with van der Waals surface area (Å²) in [5, 5.41) is 0. The lowest BCUT2D eigenvalue weighted by Gasteiger charge is -2.45. The van der Waals surface area contributed by atoms with Crippen LogP contribution in [0.4, 0.5) is 13.2 Å². The van der Waals surface area contributed by atoms with Gasteiger partial charge in [-0.3, -0.25) is 4.79 Å². The molecule has 3 rings (SSSR count). The fourth-order valence-electron chi connectivity index (χ4n) is 3.94. The van der Waals surface area contributed by atoms with Crippen LogP contribution in [0.15, 0.2) is 23.9 Å². The van der Waals surface area contributed by atoms with E-state index in [0.717, 1.165) is 0 Å². The summed E-state index contributed by atoms with van der Waals surface area (Å²) in [6.07, 6.45) is -4.28. The number of esters is 1. The van der Waals surface area contributed by atoms with Gasteiger partial charge < -0.3 is 19.1 Å². The average molecular weight is 413 g/mol. The number of ether oxygens (including phenoxy) is 3. The first-order valence-electron chi connectivity index (χ1n) is 9.19. The van der Waals surface area contributed by atoms with Crippen molar-refractivity contribution < 1.29 is 37.0 Å². The smallest absolute Gasteiger partial charge is 0.391 e. The van der Waals surface area contributed by atoms with E-state index in [1.54, 1.807) is 19.1 Å². The second kappa shape index (κ2) is 7.96. The lowest BCUT2D eigenvalue weighted by molar-refractivity contribution is -0.148. The minimum absolute atomic E-state index is 0.0681. The topological polar surface area (TPSA) is 65.1 Å². The van der Waals surface area contributed by atoms with E-state index in [-0.39, 0.29) is 25.0 Å². The molecule has 0 spiro atoms. The van der Waals surface area contributed by atoms with Gasteiger partial charge in [0.15, 0.2) is 17.3 Å². The van der Waals surface area contributed by atoms with Crippen molar-refractivity contribution in [3.63, 3.8) is 0 Å². The van der Waals surface area contributed by atoms with Crippen LogP contribution < -0.4 is 9.47 Å². The van der Waals surface area contributed by atoms with E-state index in [2.05, 4.69) is 0 Å². The minimum atomic E-state index is -4.40. The van der Waals surface area contributed by atoms with Gasteiger partial charge in [-0.05, 0) is 36.6 Å². The summed E-state index contributed by atoms with van der Waals surface area (Å²) in [6, 6.07) is 1.76. The van der Waals surface area contributed by atoms with Crippen LogP contribution in [0.3, 0.4) is 0 Å². The Morgan fingerprint density at radius 1 is 1.17 bits per heavy atom. The van der Waals surface area contributed by atoms with Crippen molar-refractivity contribution in [3.8, 4) is 11.5 Å². The molecule has 0 saturated carbocycles. The number of hydrogen-bond acceptors (Lipinski definition) is 6. The number of carbonyl (C=O) groups is 2. The van der Waals surface area contributed by atoms with E-state index >= 15 is 0 Å². The third-order valence-corrected chi connectivity index (χ3v) is 5.16. The van der Waals surface area contributed by atoms with E-state index in [4.69, 9.17) is 14.2 Å². The number of Topliss-reactive ketones (excluding diaryl/α,β-unsaturated/α-hetero) is 1. The van der Waals surface area contributed by atoms with Crippen molar-refractivity contribution in [1.82, 2.24) is 4.90 Å². The molecule has 2 heterocycles. The van der Waals surface area contributed by atoms with Gasteiger partial charge in [0.1, 0.15) is 5.57 Å². The number of alkyl halides is 3. The fourth-order valence-corrected chi connectivity index (χ4v) is 3.94. The van der Waals surface area contributed by atoms with Crippen molar-refractivity contribution in [1.29, 1.82) is 0 Å². The van der Waals surface area contributed by atoms with E-state index in [9.17, 15) is 22.8 Å². The van der Waals surface area contributed by atoms with Crippen LogP contribution >= 0.6 is 0 Å². The molecule has 1 aromatic carbocycles. The first kappa shape index (κ1) is 21.0. The summed E-state index contributed by atoms with van der Waals surface area (Å²) in [5.74, 6) is -0.443. The number of carbonyl (C=O) groups excluding carboxylic acids is 2. The average Bonchev–Trinajstić information content (AvgIpc) is 2.65. The Kier molecular flexibility index (Phi) is 5.77. The fraction of sp³-hybridized carbons (Fsp3) is 0.500. The molecule has 1 aromatic rings. The Labute approximate surface area is 166 Å². The second-order valence-corrected chi connectivity index (χ2v) is 6.94. The van der Waals surface area contributed by atoms with E-state index in [1.165, 1.54) is 25.3 Å². The van der Waals surface area contributed by atoms with Crippen LogP contribution in [0.2, 0.25) is 0 Å². The Bertz CT molecular complexity index is 849. The Morgan fingerprint density at radius 2 is 1.83 bits per heavy atom. The maximum absolute atomic E-state index is 13.2. The van der Waals surface area contributed by atoms with Crippen LogP contribution in [0, 0.1) is 0 Å². The van der Waals surface area contributed by atoms with Crippen LogP contribution in [0.5, 0.6) is 11.5 Å². The molecule has 0 aliphatic carbocycles. The largest absolute Gasteiger partial charge is 0.493 e.